The van der Waals surface area contributed by atoms with Crippen molar-refractivity contribution in [2.45, 2.75) is 51.4 Å². The van der Waals surface area contributed by atoms with Gasteiger partial charge in [-0.25, -0.2) is 0 Å². The average Bonchev–Trinajstić information content (AvgIpc) is 3.05. The molecule has 0 radical (unpaired) electrons. The SMILES string of the molecule is CC(C)C1OC2(CCNCC2)NCC12CC2. The summed E-state index contributed by atoms with van der Waals surface area (Å²) < 4.78 is 6.50. The van der Waals surface area contributed by atoms with Crippen molar-refractivity contribution in [2.75, 3.05) is 19.6 Å². The molecule has 2 spiro atoms. The molecular weight excluding hydrogens is 200 g/mol. The Balaban J connectivity index is 1.75. The summed E-state index contributed by atoms with van der Waals surface area (Å²) in [6, 6.07) is 0. The molecule has 1 saturated carbocycles. The molecule has 0 aromatic heterocycles. The number of hydrogen-bond donors (Lipinski definition) is 2. The minimum Gasteiger partial charge on any atom is -0.356 e. The highest BCUT2D eigenvalue weighted by Gasteiger charge is 2.57. The van der Waals surface area contributed by atoms with Crippen molar-refractivity contribution in [3.05, 3.63) is 0 Å². The zero-order valence-electron chi connectivity index (χ0n) is 10.5. The predicted molar refractivity (Wildman–Crippen MR) is 64.2 cm³/mol. The molecule has 0 aromatic rings. The third kappa shape index (κ3) is 1.69. The maximum atomic E-state index is 6.50. The highest BCUT2D eigenvalue weighted by molar-refractivity contribution is 5.07. The summed E-state index contributed by atoms with van der Waals surface area (Å²) in [5, 5.41) is 7.13. The van der Waals surface area contributed by atoms with Crippen LogP contribution in [0.1, 0.15) is 39.5 Å². The van der Waals surface area contributed by atoms with Gasteiger partial charge in [0, 0.05) is 24.8 Å². The van der Waals surface area contributed by atoms with Crippen molar-refractivity contribution in [3.8, 4) is 0 Å². The van der Waals surface area contributed by atoms with E-state index in [1.54, 1.807) is 0 Å². The molecular formula is C13H24N2O. The van der Waals surface area contributed by atoms with E-state index in [4.69, 9.17) is 4.74 Å². The van der Waals surface area contributed by atoms with Crippen molar-refractivity contribution in [1.29, 1.82) is 0 Å². The second kappa shape index (κ2) is 3.69. The Bertz CT molecular complexity index is 267. The third-order valence-electron chi connectivity index (χ3n) is 4.63. The monoisotopic (exact) mass is 224 g/mol. The van der Waals surface area contributed by atoms with Gasteiger partial charge in [-0.15, -0.1) is 0 Å². The van der Waals surface area contributed by atoms with Gasteiger partial charge in [-0.3, -0.25) is 5.32 Å². The summed E-state index contributed by atoms with van der Waals surface area (Å²) in [5.74, 6) is 0.649. The first-order chi connectivity index (χ1) is 7.66. The molecule has 2 saturated heterocycles. The fraction of sp³-hybridized carbons (Fsp3) is 1.00. The predicted octanol–water partition coefficient (Wildman–Crippen LogP) is 1.49. The summed E-state index contributed by atoms with van der Waals surface area (Å²) in [6.07, 6.45) is 5.43. The molecule has 3 aliphatic rings. The lowest BCUT2D eigenvalue weighted by Gasteiger charge is -2.49. The van der Waals surface area contributed by atoms with Crippen LogP contribution in [0.2, 0.25) is 0 Å². The first-order valence-corrected chi connectivity index (χ1v) is 6.79. The van der Waals surface area contributed by atoms with Crippen LogP contribution in [0.15, 0.2) is 0 Å². The van der Waals surface area contributed by atoms with Crippen molar-refractivity contribution in [2.24, 2.45) is 11.3 Å². The van der Waals surface area contributed by atoms with Crippen molar-refractivity contribution in [3.63, 3.8) is 0 Å². The molecule has 2 aliphatic heterocycles. The van der Waals surface area contributed by atoms with Crippen LogP contribution in [0, 0.1) is 11.3 Å². The molecule has 0 amide bonds. The largest absolute Gasteiger partial charge is 0.356 e. The molecule has 2 N–H and O–H groups in total. The first-order valence-electron chi connectivity index (χ1n) is 6.79. The van der Waals surface area contributed by atoms with Crippen LogP contribution in [0.4, 0.5) is 0 Å². The minimum atomic E-state index is -0.00593. The van der Waals surface area contributed by atoms with E-state index in [-0.39, 0.29) is 5.72 Å². The average molecular weight is 224 g/mol. The summed E-state index contributed by atoms with van der Waals surface area (Å²) >= 11 is 0. The van der Waals surface area contributed by atoms with Crippen LogP contribution >= 0.6 is 0 Å². The van der Waals surface area contributed by atoms with Gasteiger partial charge < -0.3 is 10.1 Å². The zero-order chi connectivity index (χ0) is 11.2. The van der Waals surface area contributed by atoms with E-state index in [0.29, 0.717) is 17.4 Å². The van der Waals surface area contributed by atoms with Crippen LogP contribution in [0.5, 0.6) is 0 Å². The van der Waals surface area contributed by atoms with E-state index >= 15 is 0 Å². The standard InChI is InChI=1S/C13H24N2O/c1-10(2)11-12(3-4-12)9-15-13(16-11)5-7-14-8-6-13/h10-11,14-15H,3-9H2,1-2H3. The molecule has 3 fully saturated rings. The van der Waals surface area contributed by atoms with Gasteiger partial charge in [-0.05, 0) is 31.8 Å². The van der Waals surface area contributed by atoms with Gasteiger partial charge in [0.1, 0.15) is 5.72 Å². The normalized spacial score (nSPS) is 35.8. The Morgan fingerprint density at radius 2 is 1.81 bits per heavy atom. The summed E-state index contributed by atoms with van der Waals surface area (Å²) in [6.45, 7) is 7.97. The number of ether oxygens (including phenoxy) is 1. The van der Waals surface area contributed by atoms with E-state index in [9.17, 15) is 0 Å². The number of nitrogens with one attached hydrogen (secondary N) is 2. The lowest BCUT2D eigenvalue weighted by molar-refractivity contribution is -0.198. The van der Waals surface area contributed by atoms with Gasteiger partial charge in [-0.1, -0.05) is 13.8 Å². The molecule has 0 aromatic carbocycles. The maximum absolute atomic E-state index is 6.50. The molecule has 1 aliphatic carbocycles. The molecule has 16 heavy (non-hydrogen) atoms. The fourth-order valence-electron chi connectivity index (χ4n) is 3.44. The van der Waals surface area contributed by atoms with Crippen molar-refractivity contribution in [1.82, 2.24) is 10.6 Å². The quantitative estimate of drug-likeness (QED) is 0.708. The molecule has 0 bridgehead atoms. The Hall–Kier alpha value is -0.120. The summed E-state index contributed by atoms with van der Waals surface area (Å²) in [4.78, 5) is 0. The van der Waals surface area contributed by atoms with Crippen LogP contribution in [-0.4, -0.2) is 31.5 Å². The maximum Gasteiger partial charge on any atom is 0.122 e. The van der Waals surface area contributed by atoms with E-state index < -0.39 is 0 Å². The smallest absolute Gasteiger partial charge is 0.122 e. The minimum absolute atomic E-state index is 0.00593. The van der Waals surface area contributed by atoms with Gasteiger partial charge in [-0.2, -0.15) is 0 Å². The van der Waals surface area contributed by atoms with E-state index in [1.807, 2.05) is 0 Å². The summed E-state index contributed by atoms with van der Waals surface area (Å²) in [5.41, 5.74) is 0.484. The van der Waals surface area contributed by atoms with Gasteiger partial charge >= 0.3 is 0 Å². The van der Waals surface area contributed by atoms with Crippen molar-refractivity contribution < 1.29 is 4.74 Å². The number of hydrogen-bond acceptors (Lipinski definition) is 3. The Kier molecular flexibility index (Phi) is 2.54. The second-order valence-corrected chi connectivity index (χ2v) is 6.24. The summed E-state index contributed by atoms with van der Waals surface area (Å²) in [7, 11) is 0. The highest BCUT2D eigenvalue weighted by Crippen LogP contribution is 2.55. The highest BCUT2D eigenvalue weighted by atomic mass is 16.5. The molecule has 3 rings (SSSR count). The van der Waals surface area contributed by atoms with E-state index in [0.717, 1.165) is 25.9 Å². The van der Waals surface area contributed by atoms with Crippen LogP contribution in [0.25, 0.3) is 0 Å². The van der Waals surface area contributed by atoms with Gasteiger partial charge in [0.2, 0.25) is 0 Å². The van der Waals surface area contributed by atoms with Gasteiger partial charge in [0.15, 0.2) is 0 Å². The molecule has 2 heterocycles. The van der Waals surface area contributed by atoms with Crippen LogP contribution < -0.4 is 10.6 Å². The fourth-order valence-corrected chi connectivity index (χ4v) is 3.44. The third-order valence-corrected chi connectivity index (χ3v) is 4.63. The van der Waals surface area contributed by atoms with Gasteiger partial charge in [0.05, 0.1) is 6.10 Å². The van der Waals surface area contributed by atoms with Crippen LogP contribution in [0.3, 0.4) is 0 Å². The lowest BCUT2D eigenvalue weighted by atomic mass is 9.85. The lowest BCUT2D eigenvalue weighted by Crippen LogP contribution is -2.63. The van der Waals surface area contributed by atoms with Gasteiger partial charge in [0.25, 0.3) is 0 Å². The second-order valence-electron chi connectivity index (χ2n) is 6.24. The van der Waals surface area contributed by atoms with E-state index in [2.05, 4.69) is 24.5 Å². The van der Waals surface area contributed by atoms with E-state index in [1.165, 1.54) is 19.4 Å². The topological polar surface area (TPSA) is 33.3 Å². The Morgan fingerprint density at radius 1 is 1.12 bits per heavy atom. The molecule has 1 unspecified atom stereocenters. The molecule has 3 heteroatoms. The number of piperidine rings is 1. The first kappa shape index (κ1) is 11.0. The Labute approximate surface area is 98.3 Å². The number of rotatable bonds is 1. The molecule has 92 valence electrons. The zero-order valence-corrected chi connectivity index (χ0v) is 10.5. The van der Waals surface area contributed by atoms with Crippen LogP contribution in [-0.2, 0) is 4.74 Å². The Morgan fingerprint density at radius 3 is 2.38 bits per heavy atom. The molecule has 3 nitrogen and oxygen atoms in total. The van der Waals surface area contributed by atoms with Crippen molar-refractivity contribution >= 4 is 0 Å². The molecule has 1 atom stereocenters.